The number of sulfonamides is 1. The second-order valence-corrected chi connectivity index (χ2v) is 8.24. The molecule has 1 fully saturated rings. The predicted molar refractivity (Wildman–Crippen MR) is 80.8 cm³/mol. The van der Waals surface area contributed by atoms with Gasteiger partial charge < -0.3 is 5.32 Å². The summed E-state index contributed by atoms with van der Waals surface area (Å²) < 4.78 is 27.2. The highest BCUT2D eigenvalue weighted by Gasteiger charge is 2.33. The molecule has 4 nitrogen and oxygen atoms in total. The highest BCUT2D eigenvalue weighted by Crippen LogP contribution is 2.24. The first-order chi connectivity index (χ1) is 8.89. The van der Waals surface area contributed by atoms with Crippen molar-refractivity contribution < 1.29 is 8.42 Å². The Morgan fingerprint density at radius 3 is 2.47 bits per heavy atom. The van der Waals surface area contributed by atoms with Gasteiger partial charge in [0.15, 0.2) is 0 Å². The van der Waals surface area contributed by atoms with E-state index in [1.807, 2.05) is 20.8 Å². The van der Waals surface area contributed by atoms with Crippen LogP contribution in [0.15, 0.2) is 0 Å². The van der Waals surface area contributed by atoms with Crippen LogP contribution in [0.2, 0.25) is 0 Å². The lowest BCUT2D eigenvalue weighted by Gasteiger charge is -2.31. The number of hydrogen-bond acceptors (Lipinski definition) is 3. The van der Waals surface area contributed by atoms with Gasteiger partial charge in [0.25, 0.3) is 0 Å². The average molecular weight is 290 g/mol. The lowest BCUT2D eigenvalue weighted by Crippen LogP contribution is -2.47. The summed E-state index contributed by atoms with van der Waals surface area (Å²) in [6.45, 7) is 9.23. The smallest absolute Gasteiger partial charge is 0.218 e. The van der Waals surface area contributed by atoms with E-state index in [-0.39, 0.29) is 11.3 Å². The van der Waals surface area contributed by atoms with Gasteiger partial charge in [0, 0.05) is 25.2 Å². The zero-order valence-corrected chi connectivity index (χ0v) is 13.7. The van der Waals surface area contributed by atoms with E-state index in [4.69, 9.17) is 0 Å². The Hall–Kier alpha value is -0.130. The highest BCUT2D eigenvalue weighted by molar-refractivity contribution is 7.89. The quantitative estimate of drug-likeness (QED) is 0.817. The highest BCUT2D eigenvalue weighted by atomic mass is 32.2. The average Bonchev–Trinajstić information content (AvgIpc) is 2.60. The number of nitrogens with zero attached hydrogens (tertiary/aromatic N) is 1. The van der Waals surface area contributed by atoms with Crippen molar-refractivity contribution >= 4 is 10.0 Å². The van der Waals surface area contributed by atoms with Crippen LogP contribution in [0.25, 0.3) is 0 Å². The number of hydrogen-bond donors (Lipinski definition) is 1. The molecule has 1 saturated heterocycles. The van der Waals surface area contributed by atoms with E-state index in [9.17, 15) is 8.42 Å². The van der Waals surface area contributed by atoms with Crippen LogP contribution < -0.4 is 5.32 Å². The molecule has 0 saturated carbocycles. The van der Waals surface area contributed by atoms with Gasteiger partial charge in [0.05, 0.1) is 5.25 Å². The third-order valence-corrected chi connectivity index (χ3v) is 6.26. The van der Waals surface area contributed by atoms with Gasteiger partial charge in [-0.15, -0.1) is 0 Å². The van der Waals surface area contributed by atoms with Gasteiger partial charge in [0.1, 0.15) is 0 Å². The second-order valence-electron chi connectivity index (χ2n) is 5.94. The molecule has 19 heavy (non-hydrogen) atoms. The van der Waals surface area contributed by atoms with Gasteiger partial charge in [-0.1, -0.05) is 33.6 Å². The predicted octanol–water partition coefficient (Wildman–Crippen LogP) is 2.36. The minimum atomic E-state index is -3.17. The zero-order valence-electron chi connectivity index (χ0n) is 12.9. The Morgan fingerprint density at radius 2 is 1.89 bits per heavy atom. The van der Waals surface area contributed by atoms with Gasteiger partial charge in [-0.2, -0.15) is 4.31 Å². The molecule has 1 rings (SSSR count). The largest absolute Gasteiger partial charge is 0.313 e. The van der Waals surface area contributed by atoms with E-state index in [0.717, 1.165) is 32.1 Å². The van der Waals surface area contributed by atoms with Crippen LogP contribution in [0.5, 0.6) is 0 Å². The van der Waals surface area contributed by atoms with Crippen LogP contribution in [-0.2, 0) is 10.0 Å². The summed E-state index contributed by atoms with van der Waals surface area (Å²) in [6, 6.07) is 0.526. The Labute approximate surface area is 119 Å². The van der Waals surface area contributed by atoms with Gasteiger partial charge in [-0.3, -0.25) is 0 Å². The summed E-state index contributed by atoms with van der Waals surface area (Å²) in [5.74, 6) is 0. The van der Waals surface area contributed by atoms with Crippen molar-refractivity contribution in [2.24, 2.45) is 0 Å². The molecule has 5 heteroatoms. The first-order valence-electron chi connectivity index (χ1n) is 7.63. The molecule has 2 atom stereocenters. The van der Waals surface area contributed by atoms with Crippen molar-refractivity contribution in [1.29, 1.82) is 0 Å². The first-order valence-corrected chi connectivity index (χ1v) is 9.14. The zero-order chi connectivity index (χ0) is 14.5. The molecule has 0 amide bonds. The molecule has 1 aliphatic heterocycles. The van der Waals surface area contributed by atoms with E-state index in [0.29, 0.717) is 19.1 Å². The van der Waals surface area contributed by atoms with Gasteiger partial charge in [-0.25, -0.2) is 8.42 Å². The molecule has 0 aromatic heterocycles. The molecule has 1 aliphatic rings. The lowest BCUT2D eigenvalue weighted by molar-refractivity contribution is 0.311. The summed E-state index contributed by atoms with van der Waals surface area (Å²) in [5.41, 5.74) is 0. The number of nitrogens with one attached hydrogen (secondary N) is 1. The fraction of sp³-hybridized carbons (Fsp3) is 1.00. The van der Waals surface area contributed by atoms with Crippen molar-refractivity contribution in [3.05, 3.63) is 0 Å². The Morgan fingerprint density at radius 1 is 1.21 bits per heavy atom. The Bertz CT molecular complexity index is 354. The van der Waals surface area contributed by atoms with E-state index in [1.165, 1.54) is 0 Å². The molecule has 0 bridgehead atoms. The van der Waals surface area contributed by atoms with Crippen LogP contribution >= 0.6 is 0 Å². The van der Waals surface area contributed by atoms with E-state index < -0.39 is 10.0 Å². The van der Waals surface area contributed by atoms with Crippen molar-refractivity contribution in [3.63, 3.8) is 0 Å². The number of rotatable bonds is 6. The maximum absolute atomic E-state index is 12.7. The summed E-state index contributed by atoms with van der Waals surface area (Å²) in [5, 5.41) is 2.89. The van der Waals surface area contributed by atoms with Crippen molar-refractivity contribution in [2.75, 3.05) is 13.1 Å². The van der Waals surface area contributed by atoms with Crippen molar-refractivity contribution in [3.8, 4) is 0 Å². The molecule has 1 N–H and O–H groups in total. The Balaban J connectivity index is 2.77. The molecular weight excluding hydrogens is 260 g/mol. The van der Waals surface area contributed by atoms with Crippen LogP contribution in [-0.4, -0.2) is 43.1 Å². The van der Waals surface area contributed by atoms with Gasteiger partial charge in [0.2, 0.25) is 10.0 Å². The fourth-order valence-corrected chi connectivity index (χ4v) is 4.45. The monoisotopic (exact) mass is 290 g/mol. The first kappa shape index (κ1) is 16.9. The molecule has 1 heterocycles. The van der Waals surface area contributed by atoms with Crippen LogP contribution in [0.4, 0.5) is 0 Å². The van der Waals surface area contributed by atoms with Crippen molar-refractivity contribution in [1.82, 2.24) is 9.62 Å². The molecule has 2 unspecified atom stereocenters. The molecular formula is C14H30N2O2S. The summed E-state index contributed by atoms with van der Waals surface area (Å²) in [6.07, 6.45) is 5.24. The third-order valence-electron chi connectivity index (χ3n) is 3.94. The van der Waals surface area contributed by atoms with Crippen LogP contribution in [0.1, 0.15) is 59.8 Å². The van der Waals surface area contributed by atoms with Crippen LogP contribution in [0, 0.1) is 0 Å². The summed E-state index contributed by atoms with van der Waals surface area (Å²) in [4.78, 5) is 0. The van der Waals surface area contributed by atoms with E-state index in [2.05, 4.69) is 12.2 Å². The summed E-state index contributed by atoms with van der Waals surface area (Å²) in [7, 11) is -3.17. The van der Waals surface area contributed by atoms with Crippen LogP contribution in [0.3, 0.4) is 0 Å². The SMILES string of the molecule is CCC1CCCCCN1S(=O)(=O)C(C)CNC(C)C. The minimum absolute atomic E-state index is 0.203. The molecule has 0 spiro atoms. The Kier molecular flexibility index (Phi) is 6.77. The topological polar surface area (TPSA) is 49.4 Å². The molecule has 114 valence electrons. The van der Waals surface area contributed by atoms with Gasteiger partial charge in [-0.05, 0) is 26.2 Å². The van der Waals surface area contributed by atoms with Crippen molar-refractivity contribution in [2.45, 2.75) is 77.1 Å². The molecule has 0 aliphatic carbocycles. The molecule has 0 aromatic carbocycles. The normalized spacial score (nSPS) is 24.4. The molecule has 0 aromatic rings. The third kappa shape index (κ3) is 4.72. The van der Waals surface area contributed by atoms with E-state index in [1.54, 1.807) is 4.31 Å². The van der Waals surface area contributed by atoms with E-state index >= 15 is 0 Å². The summed E-state index contributed by atoms with van der Waals surface area (Å²) >= 11 is 0. The fourth-order valence-electron chi connectivity index (χ4n) is 2.63. The maximum atomic E-state index is 12.7. The van der Waals surface area contributed by atoms with Gasteiger partial charge >= 0.3 is 0 Å². The minimum Gasteiger partial charge on any atom is -0.313 e. The second kappa shape index (κ2) is 7.60. The lowest BCUT2D eigenvalue weighted by atomic mass is 10.1. The standard InChI is InChI=1S/C14H30N2O2S/c1-5-14-9-7-6-8-10-16(14)19(17,18)13(4)11-15-12(2)3/h12-15H,5-11H2,1-4H3. The molecule has 0 radical (unpaired) electrons. The maximum Gasteiger partial charge on any atom is 0.218 e.